The number of alkyl halides is 10. The molecule has 3 aliphatic rings. The molecule has 46 heavy (non-hydrogen) atoms. The fourth-order valence-electron chi connectivity index (χ4n) is 4.47. The highest BCUT2D eigenvalue weighted by Crippen LogP contribution is 2.54. The molecule has 20 heteroatoms. The van der Waals surface area contributed by atoms with Crippen LogP contribution in [0, 0.1) is 0 Å². The lowest BCUT2D eigenvalue weighted by Gasteiger charge is -2.37. The van der Waals surface area contributed by atoms with Crippen molar-refractivity contribution in [3.05, 3.63) is 47.5 Å². The summed E-state index contributed by atoms with van der Waals surface area (Å²) in [6.45, 7) is 6.58. The topological polar surface area (TPSA) is 46.6 Å². The first-order valence-corrected chi connectivity index (χ1v) is 13.7. The molecule has 2 bridgehead atoms. The highest BCUT2D eigenvalue weighted by atomic mass is 19.4. The highest BCUT2D eigenvalue weighted by Gasteiger charge is 2.81. The Kier molecular flexibility index (Phi) is 12.6. The molecule has 1 aromatic rings. The quantitative estimate of drug-likeness (QED) is 0.242. The van der Waals surface area contributed by atoms with Crippen LogP contribution in [0.5, 0.6) is 0 Å². The molecule has 4 rings (SSSR count). The van der Waals surface area contributed by atoms with Gasteiger partial charge >= 0.3 is 42.3 Å². The predicted molar refractivity (Wildman–Crippen MR) is 132 cm³/mol. The molecule has 0 aliphatic carbocycles. The Morgan fingerprint density at radius 1 is 0.630 bits per heavy atom. The lowest BCUT2D eigenvalue weighted by atomic mass is 10.0. The van der Waals surface area contributed by atoms with Gasteiger partial charge in [0.1, 0.15) is 0 Å². The first-order chi connectivity index (χ1) is 21.3. The second-order valence-electron chi connectivity index (χ2n) is 10.3. The van der Waals surface area contributed by atoms with E-state index in [4.69, 9.17) is 9.47 Å². The summed E-state index contributed by atoms with van der Waals surface area (Å²) < 4.78 is 192. The summed E-state index contributed by atoms with van der Waals surface area (Å²) in [6.07, 6.45) is -24.9. The van der Waals surface area contributed by atoms with E-state index in [9.17, 15) is 57.1 Å². The number of nitrogens with zero attached hydrogens (tertiary/aromatic N) is 3. The molecule has 3 fully saturated rings. The molecule has 7 nitrogen and oxygen atoms in total. The van der Waals surface area contributed by atoms with Crippen LogP contribution in [0.1, 0.15) is 11.1 Å². The summed E-state index contributed by atoms with van der Waals surface area (Å²) in [5.74, 6) is -13.1. The van der Waals surface area contributed by atoms with Gasteiger partial charge in [0.05, 0.1) is 26.4 Å². The molecule has 3 aliphatic heterocycles. The molecule has 0 radical (unpaired) electrons. The van der Waals surface area contributed by atoms with Crippen molar-refractivity contribution in [3.8, 4) is 0 Å². The molecule has 1 atom stereocenters. The fraction of sp³-hybridized carbons (Fsp3) is 0.692. The average molecular weight is 696 g/mol. The van der Waals surface area contributed by atoms with Crippen molar-refractivity contribution in [2.75, 3.05) is 78.8 Å². The summed E-state index contributed by atoms with van der Waals surface area (Å²) >= 11 is 0. The van der Waals surface area contributed by atoms with E-state index in [1.807, 2.05) is 4.90 Å². The van der Waals surface area contributed by atoms with Crippen molar-refractivity contribution >= 4 is 0 Å². The molecule has 3 saturated heterocycles. The van der Waals surface area contributed by atoms with Gasteiger partial charge in [0.15, 0.2) is 0 Å². The summed E-state index contributed by atoms with van der Waals surface area (Å²) in [6, 6.07) is -1.27. The van der Waals surface area contributed by atoms with E-state index < -0.39 is 47.8 Å². The molecule has 0 saturated carbocycles. The monoisotopic (exact) mass is 695 g/mol. The largest absolute Gasteiger partial charge is 0.471 e. The molecule has 3 heterocycles. The average Bonchev–Trinajstić information content (AvgIpc) is 2.93. The Morgan fingerprint density at radius 2 is 1.09 bits per heavy atom. The van der Waals surface area contributed by atoms with E-state index in [1.54, 1.807) is 0 Å². The van der Waals surface area contributed by atoms with Crippen LogP contribution in [0.15, 0.2) is 36.4 Å². The van der Waals surface area contributed by atoms with Crippen LogP contribution < -0.4 is 0 Å². The summed E-state index contributed by atoms with van der Waals surface area (Å²) in [5, 5.41) is 0. The third kappa shape index (κ3) is 9.36. The van der Waals surface area contributed by atoms with Crippen molar-refractivity contribution in [1.82, 2.24) is 14.7 Å². The standard InChI is InChI=1S/C26H30F13N3O4/c27-20(28)21(29)45-26(38,39)23(32,24(33,34)35)46-25(36,37)22(30,31)19-3-1-18(2-4-19)17-42-7-5-40-9-13-43-15-11-41(6-8-42)12-16-44-14-10-40/h1-4H,5-17H2. The van der Waals surface area contributed by atoms with Crippen molar-refractivity contribution in [2.24, 2.45) is 0 Å². The number of rotatable bonds is 9. The van der Waals surface area contributed by atoms with Gasteiger partial charge in [-0.1, -0.05) is 24.3 Å². The predicted octanol–water partition coefficient (Wildman–Crippen LogP) is 5.73. The van der Waals surface area contributed by atoms with Gasteiger partial charge in [-0.25, -0.2) is 0 Å². The smallest absolute Gasteiger partial charge is 0.398 e. The Morgan fingerprint density at radius 3 is 1.50 bits per heavy atom. The Balaban J connectivity index is 1.80. The maximum atomic E-state index is 14.7. The normalized spacial score (nSPS) is 23.2. The van der Waals surface area contributed by atoms with E-state index in [2.05, 4.69) is 19.3 Å². The second kappa shape index (κ2) is 15.2. The molecule has 0 spiro atoms. The third-order valence-corrected chi connectivity index (χ3v) is 7.13. The number of fused-ring (bicyclic) bond motifs is 12. The molecular weight excluding hydrogens is 665 g/mol. The summed E-state index contributed by atoms with van der Waals surface area (Å²) in [5.41, 5.74) is -1.48. The first kappa shape index (κ1) is 38.1. The fourth-order valence-corrected chi connectivity index (χ4v) is 4.47. The lowest BCUT2D eigenvalue weighted by molar-refractivity contribution is -0.518. The Hall–Kier alpha value is -2.39. The zero-order chi connectivity index (χ0) is 34.4. The van der Waals surface area contributed by atoms with Gasteiger partial charge < -0.3 is 14.2 Å². The van der Waals surface area contributed by atoms with Crippen molar-refractivity contribution < 1.29 is 76.0 Å². The summed E-state index contributed by atoms with van der Waals surface area (Å²) in [7, 11) is 0. The Bertz CT molecular complexity index is 1120. The van der Waals surface area contributed by atoms with Crippen molar-refractivity contribution in [2.45, 2.75) is 36.7 Å². The maximum absolute atomic E-state index is 14.7. The van der Waals surface area contributed by atoms with Crippen LogP contribution in [0.25, 0.3) is 0 Å². The number of benzene rings is 1. The van der Waals surface area contributed by atoms with Gasteiger partial charge in [-0.2, -0.15) is 57.1 Å². The van der Waals surface area contributed by atoms with Crippen LogP contribution in [-0.4, -0.2) is 118 Å². The van der Waals surface area contributed by atoms with Crippen LogP contribution in [0.4, 0.5) is 57.1 Å². The van der Waals surface area contributed by atoms with Gasteiger partial charge in [0.2, 0.25) is 0 Å². The summed E-state index contributed by atoms with van der Waals surface area (Å²) in [4.78, 5) is 6.14. The first-order valence-electron chi connectivity index (χ1n) is 13.7. The minimum Gasteiger partial charge on any atom is -0.398 e. The van der Waals surface area contributed by atoms with Crippen molar-refractivity contribution in [1.29, 1.82) is 0 Å². The second-order valence-corrected chi connectivity index (χ2v) is 10.3. The van der Waals surface area contributed by atoms with E-state index in [-0.39, 0.29) is 6.54 Å². The van der Waals surface area contributed by atoms with E-state index in [1.165, 1.54) is 0 Å². The van der Waals surface area contributed by atoms with E-state index >= 15 is 0 Å². The number of halogens is 13. The minimum atomic E-state index is -7.32. The van der Waals surface area contributed by atoms with Gasteiger partial charge in [0, 0.05) is 64.5 Å². The highest BCUT2D eigenvalue weighted by molar-refractivity contribution is 5.27. The molecule has 264 valence electrons. The lowest BCUT2D eigenvalue weighted by Crippen LogP contribution is -2.62. The molecule has 1 unspecified atom stereocenters. The molecular formula is C26H30F13N3O4. The number of hydrogen-bond donors (Lipinski definition) is 0. The molecule has 1 aromatic carbocycles. The van der Waals surface area contributed by atoms with E-state index in [0.29, 0.717) is 96.5 Å². The van der Waals surface area contributed by atoms with Gasteiger partial charge in [-0.15, -0.1) is 0 Å². The number of ether oxygens (including phenoxy) is 4. The Labute approximate surface area is 254 Å². The van der Waals surface area contributed by atoms with Crippen LogP contribution in [-0.2, 0) is 31.4 Å². The van der Waals surface area contributed by atoms with Gasteiger partial charge in [-0.05, 0) is 5.56 Å². The van der Waals surface area contributed by atoms with Crippen LogP contribution >= 0.6 is 0 Å². The van der Waals surface area contributed by atoms with Gasteiger partial charge in [0.25, 0.3) is 0 Å². The maximum Gasteiger partial charge on any atom is 0.471 e. The zero-order valence-corrected chi connectivity index (χ0v) is 23.9. The SMILES string of the molecule is FC(F)=C(F)OC(F)(F)C(F)(OC(F)(F)C(F)(F)c1ccc(CN2CCN3CCOCCN(CCOCC3)CC2)cc1)C(F)(F)F. The van der Waals surface area contributed by atoms with Crippen LogP contribution in [0.3, 0.4) is 0 Å². The minimum absolute atomic E-state index is 0.114. The van der Waals surface area contributed by atoms with Crippen LogP contribution in [0.2, 0.25) is 0 Å². The van der Waals surface area contributed by atoms with Gasteiger partial charge in [-0.3, -0.25) is 19.4 Å². The van der Waals surface area contributed by atoms with Crippen molar-refractivity contribution in [3.63, 3.8) is 0 Å². The number of hydrogen-bond acceptors (Lipinski definition) is 7. The zero-order valence-electron chi connectivity index (χ0n) is 23.9. The molecule has 0 amide bonds. The molecule has 0 N–H and O–H groups in total. The third-order valence-electron chi connectivity index (χ3n) is 7.13. The van der Waals surface area contributed by atoms with E-state index in [0.717, 1.165) is 12.1 Å². The molecule has 0 aromatic heterocycles.